The normalized spacial score (nSPS) is 21.3. The van der Waals surface area contributed by atoms with Gasteiger partial charge in [0.15, 0.2) is 6.61 Å². The van der Waals surface area contributed by atoms with Crippen LogP contribution in [0.3, 0.4) is 0 Å². The summed E-state index contributed by atoms with van der Waals surface area (Å²) in [5.41, 5.74) is 0. The molecule has 0 saturated carbocycles. The lowest BCUT2D eigenvalue weighted by atomic mass is 10.2. The molecule has 1 aliphatic heterocycles. The Morgan fingerprint density at radius 3 is 2.90 bits per heavy atom. The summed E-state index contributed by atoms with van der Waals surface area (Å²) < 4.78 is 10.3. The Morgan fingerprint density at radius 2 is 2.30 bits per heavy atom. The number of allylic oxidation sites excluding steroid dienone is 1. The second-order valence-corrected chi connectivity index (χ2v) is 4.47. The fourth-order valence-electron chi connectivity index (χ4n) is 2.22. The van der Waals surface area contributed by atoms with Crippen molar-refractivity contribution in [1.82, 2.24) is 4.90 Å². The molecule has 0 aromatic rings. The number of nitriles is 1. The van der Waals surface area contributed by atoms with E-state index in [1.807, 2.05) is 6.92 Å². The molecular weight excluding hydrogens is 260 g/mol. The van der Waals surface area contributed by atoms with Crippen molar-refractivity contribution in [1.29, 1.82) is 5.26 Å². The zero-order chi connectivity index (χ0) is 15.0. The molecule has 0 bridgehead atoms. The molecule has 0 N–H and O–H groups in total. The summed E-state index contributed by atoms with van der Waals surface area (Å²) in [6, 6.07) is 1.09. The van der Waals surface area contributed by atoms with Gasteiger partial charge < -0.3 is 14.4 Å². The van der Waals surface area contributed by atoms with E-state index in [9.17, 15) is 9.59 Å². The molecule has 0 aromatic carbocycles. The van der Waals surface area contributed by atoms with Crippen LogP contribution in [0.15, 0.2) is 12.7 Å². The van der Waals surface area contributed by atoms with E-state index in [1.165, 1.54) is 4.90 Å². The first-order valence-electron chi connectivity index (χ1n) is 6.69. The van der Waals surface area contributed by atoms with Crippen molar-refractivity contribution in [3.8, 4) is 6.07 Å². The Balaban J connectivity index is 2.70. The highest BCUT2D eigenvalue weighted by Gasteiger charge is 2.40. The van der Waals surface area contributed by atoms with Crippen LogP contribution in [0.25, 0.3) is 0 Å². The fourth-order valence-corrected chi connectivity index (χ4v) is 2.22. The van der Waals surface area contributed by atoms with Crippen LogP contribution in [-0.4, -0.2) is 48.7 Å². The number of nitrogens with zero attached hydrogens (tertiary/aromatic N) is 2. The van der Waals surface area contributed by atoms with Crippen LogP contribution in [0, 0.1) is 11.3 Å². The van der Waals surface area contributed by atoms with Crippen molar-refractivity contribution in [3.05, 3.63) is 12.7 Å². The second-order valence-electron chi connectivity index (χ2n) is 4.47. The molecule has 0 aliphatic carbocycles. The number of rotatable bonds is 7. The van der Waals surface area contributed by atoms with Crippen LogP contribution in [0.4, 0.5) is 0 Å². The van der Waals surface area contributed by atoms with Crippen LogP contribution in [0.1, 0.15) is 26.2 Å². The van der Waals surface area contributed by atoms with Crippen molar-refractivity contribution >= 4 is 11.9 Å². The Bertz CT molecular complexity index is 402. The molecule has 0 unspecified atom stereocenters. The van der Waals surface area contributed by atoms with Gasteiger partial charge in [-0.15, -0.1) is 6.58 Å². The van der Waals surface area contributed by atoms with Gasteiger partial charge in [0, 0.05) is 26.0 Å². The first-order chi connectivity index (χ1) is 9.63. The summed E-state index contributed by atoms with van der Waals surface area (Å²) in [4.78, 5) is 25.5. The molecule has 1 aliphatic rings. The standard InChI is InChI=1S/C14H20N2O4/c1-3-5-6-13(17)16-10-11(19-4-2)9-12(16)14(18)20-8-7-15/h3,11-12H,1,4-6,8-10H2,2H3/t11-,12+/m1/s1. The number of likely N-dealkylation sites (tertiary alicyclic amines) is 1. The monoisotopic (exact) mass is 280 g/mol. The molecule has 0 spiro atoms. The minimum absolute atomic E-state index is 0.119. The number of hydrogen-bond donors (Lipinski definition) is 0. The minimum Gasteiger partial charge on any atom is -0.449 e. The van der Waals surface area contributed by atoms with E-state index in [-0.39, 0.29) is 18.6 Å². The van der Waals surface area contributed by atoms with Gasteiger partial charge in [-0.1, -0.05) is 6.08 Å². The molecule has 0 radical (unpaired) electrons. The maximum absolute atomic E-state index is 12.1. The molecule has 6 nitrogen and oxygen atoms in total. The molecule has 1 rings (SSSR count). The van der Waals surface area contributed by atoms with Gasteiger partial charge in [-0.05, 0) is 13.3 Å². The van der Waals surface area contributed by atoms with Gasteiger partial charge in [0.1, 0.15) is 12.1 Å². The number of ether oxygens (including phenoxy) is 2. The lowest BCUT2D eigenvalue weighted by Gasteiger charge is -2.22. The summed E-state index contributed by atoms with van der Waals surface area (Å²) in [5.74, 6) is -0.660. The average Bonchev–Trinajstić information content (AvgIpc) is 2.86. The SMILES string of the molecule is C=CCCC(=O)N1C[C@H](OCC)C[C@H]1C(=O)OCC#N. The van der Waals surface area contributed by atoms with Gasteiger partial charge in [-0.3, -0.25) is 4.79 Å². The minimum atomic E-state index is -0.655. The molecule has 1 heterocycles. The molecule has 1 amide bonds. The smallest absolute Gasteiger partial charge is 0.329 e. The fraction of sp³-hybridized carbons (Fsp3) is 0.643. The Kier molecular flexibility index (Phi) is 6.74. The van der Waals surface area contributed by atoms with E-state index in [1.54, 1.807) is 12.1 Å². The number of hydrogen-bond acceptors (Lipinski definition) is 5. The highest BCUT2D eigenvalue weighted by molar-refractivity contribution is 5.85. The molecule has 110 valence electrons. The summed E-state index contributed by atoms with van der Waals surface area (Å²) in [6.45, 7) is 6.05. The molecule has 1 saturated heterocycles. The predicted octanol–water partition coefficient (Wildman–Crippen LogP) is 1.03. The number of carbonyl (C=O) groups excluding carboxylic acids is 2. The van der Waals surface area contributed by atoms with Crippen molar-refractivity contribution in [2.45, 2.75) is 38.3 Å². The third kappa shape index (κ3) is 4.35. The van der Waals surface area contributed by atoms with E-state index in [4.69, 9.17) is 14.7 Å². The Labute approximate surface area is 118 Å². The zero-order valence-corrected chi connectivity index (χ0v) is 11.7. The number of esters is 1. The van der Waals surface area contributed by atoms with Gasteiger partial charge in [0.2, 0.25) is 5.91 Å². The van der Waals surface area contributed by atoms with E-state index < -0.39 is 12.0 Å². The number of carbonyl (C=O) groups is 2. The Morgan fingerprint density at radius 1 is 1.55 bits per heavy atom. The quantitative estimate of drug-likeness (QED) is 0.514. The van der Waals surface area contributed by atoms with Crippen LogP contribution in [-0.2, 0) is 19.1 Å². The van der Waals surface area contributed by atoms with Crippen molar-refractivity contribution in [3.63, 3.8) is 0 Å². The number of amides is 1. The lowest BCUT2D eigenvalue weighted by Crippen LogP contribution is -2.41. The highest BCUT2D eigenvalue weighted by atomic mass is 16.5. The summed E-state index contributed by atoms with van der Waals surface area (Å²) in [6.07, 6.45) is 2.79. The maximum atomic E-state index is 12.1. The topological polar surface area (TPSA) is 79.6 Å². The zero-order valence-electron chi connectivity index (χ0n) is 11.7. The molecular formula is C14H20N2O4. The van der Waals surface area contributed by atoms with Crippen LogP contribution in [0.2, 0.25) is 0 Å². The van der Waals surface area contributed by atoms with Crippen LogP contribution >= 0.6 is 0 Å². The van der Waals surface area contributed by atoms with Gasteiger partial charge in [0.25, 0.3) is 0 Å². The molecule has 20 heavy (non-hydrogen) atoms. The van der Waals surface area contributed by atoms with Gasteiger partial charge in [-0.25, -0.2) is 4.79 Å². The Hall–Kier alpha value is -1.87. The van der Waals surface area contributed by atoms with E-state index >= 15 is 0 Å². The molecule has 2 atom stereocenters. The second kappa shape index (κ2) is 8.33. The van der Waals surface area contributed by atoms with E-state index in [2.05, 4.69) is 6.58 Å². The van der Waals surface area contributed by atoms with Crippen molar-refractivity contribution in [2.75, 3.05) is 19.8 Å². The molecule has 6 heteroatoms. The van der Waals surface area contributed by atoms with Crippen molar-refractivity contribution < 1.29 is 19.1 Å². The van der Waals surface area contributed by atoms with Gasteiger partial charge in [-0.2, -0.15) is 5.26 Å². The summed E-state index contributed by atoms with van der Waals surface area (Å²) >= 11 is 0. The van der Waals surface area contributed by atoms with E-state index in [0.717, 1.165) is 0 Å². The van der Waals surface area contributed by atoms with Gasteiger partial charge >= 0.3 is 5.97 Å². The van der Waals surface area contributed by atoms with Gasteiger partial charge in [0.05, 0.1) is 6.10 Å². The van der Waals surface area contributed by atoms with Crippen molar-refractivity contribution in [2.24, 2.45) is 0 Å². The lowest BCUT2D eigenvalue weighted by molar-refractivity contribution is -0.152. The first-order valence-corrected chi connectivity index (χ1v) is 6.69. The largest absolute Gasteiger partial charge is 0.449 e. The summed E-state index contributed by atoms with van der Waals surface area (Å²) in [5, 5.41) is 8.44. The molecule has 1 fully saturated rings. The summed E-state index contributed by atoms with van der Waals surface area (Å²) in [7, 11) is 0. The highest BCUT2D eigenvalue weighted by Crippen LogP contribution is 2.23. The third-order valence-corrected chi connectivity index (χ3v) is 3.10. The van der Waals surface area contributed by atoms with E-state index in [0.29, 0.717) is 32.4 Å². The predicted molar refractivity (Wildman–Crippen MR) is 71.5 cm³/mol. The maximum Gasteiger partial charge on any atom is 0.329 e. The first kappa shape index (κ1) is 16.2. The molecule has 0 aromatic heterocycles. The van der Waals surface area contributed by atoms with Crippen LogP contribution < -0.4 is 0 Å². The third-order valence-electron chi connectivity index (χ3n) is 3.10. The van der Waals surface area contributed by atoms with Crippen LogP contribution in [0.5, 0.6) is 0 Å². The average molecular weight is 280 g/mol.